The van der Waals surface area contributed by atoms with Crippen molar-refractivity contribution in [3.05, 3.63) is 93.8 Å². The quantitative estimate of drug-likeness (QED) is 0.299. The van der Waals surface area contributed by atoms with Gasteiger partial charge in [-0.05, 0) is 44.9 Å². The molecule has 5 nitrogen and oxygen atoms in total. The third-order valence-corrected chi connectivity index (χ3v) is 6.69. The van der Waals surface area contributed by atoms with Gasteiger partial charge in [0.15, 0.2) is 0 Å². The first kappa shape index (κ1) is 28.4. The number of dihydropyridines is 1. The highest BCUT2D eigenvalue weighted by atomic mass is 32.2. The van der Waals surface area contributed by atoms with Gasteiger partial charge in [0.2, 0.25) is 0 Å². The average molecular weight is 534 g/mol. The standard InChI is InChI=1S/C28H30F3NO4S/c1-17(2)36-27(34)24-19(4)32-18(3)23(25(24)21-12-8-9-13-22(21)28(29,30)31)26(33)35-14-15-37-16-20-10-6-5-7-11-20/h5-13,17,25,32H,14-16H2,1-4H3. The van der Waals surface area contributed by atoms with Crippen molar-refractivity contribution in [2.45, 2.75) is 51.6 Å². The maximum Gasteiger partial charge on any atom is 0.416 e. The van der Waals surface area contributed by atoms with Crippen LogP contribution in [0.15, 0.2) is 77.1 Å². The summed E-state index contributed by atoms with van der Waals surface area (Å²) in [6, 6.07) is 14.8. The zero-order valence-electron chi connectivity index (χ0n) is 21.1. The fourth-order valence-electron chi connectivity index (χ4n) is 4.17. The summed E-state index contributed by atoms with van der Waals surface area (Å²) < 4.78 is 52.9. The number of nitrogens with one attached hydrogen (secondary N) is 1. The van der Waals surface area contributed by atoms with E-state index in [2.05, 4.69) is 5.32 Å². The Bertz CT molecular complexity index is 1190. The number of carbonyl (C=O) groups excluding carboxylic acids is 2. The first-order chi connectivity index (χ1) is 17.5. The van der Waals surface area contributed by atoms with Crippen LogP contribution in [0.25, 0.3) is 0 Å². The summed E-state index contributed by atoms with van der Waals surface area (Å²) in [4.78, 5) is 26.4. The molecule has 2 aromatic rings. The molecule has 0 fully saturated rings. The number of hydrogen-bond acceptors (Lipinski definition) is 6. The monoisotopic (exact) mass is 533 g/mol. The van der Waals surface area contributed by atoms with Gasteiger partial charge in [-0.15, -0.1) is 0 Å². The molecule has 0 saturated carbocycles. The van der Waals surface area contributed by atoms with Gasteiger partial charge in [0.1, 0.15) is 6.61 Å². The van der Waals surface area contributed by atoms with E-state index in [0.29, 0.717) is 17.1 Å². The third kappa shape index (κ3) is 7.19. The molecule has 0 aromatic heterocycles. The topological polar surface area (TPSA) is 64.6 Å². The molecular weight excluding hydrogens is 503 g/mol. The molecule has 1 aliphatic heterocycles. The van der Waals surface area contributed by atoms with Crippen LogP contribution >= 0.6 is 11.8 Å². The molecule has 0 spiro atoms. The molecule has 0 aliphatic carbocycles. The fourth-order valence-corrected chi connectivity index (χ4v) is 4.94. The van der Waals surface area contributed by atoms with Gasteiger partial charge in [-0.1, -0.05) is 48.5 Å². The molecule has 198 valence electrons. The van der Waals surface area contributed by atoms with Crippen molar-refractivity contribution in [1.82, 2.24) is 5.32 Å². The van der Waals surface area contributed by atoms with Crippen LogP contribution in [0.4, 0.5) is 13.2 Å². The van der Waals surface area contributed by atoms with Crippen LogP contribution < -0.4 is 5.32 Å². The molecule has 0 amide bonds. The van der Waals surface area contributed by atoms with E-state index in [-0.39, 0.29) is 23.3 Å². The smallest absolute Gasteiger partial charge is 0.416 e. The fraction of sp³-hybridized carbons (Fsp3) is 0.357. The zero-order chi connectivity index (χ0) is 27.2. The highest BCUT2D eigenvalue weighted by Gasteiger charge is 2.43. The summed E-state index contributed by atoms with van der Waals surface area (Å²) in [5, 5.41) is 2.97. The first-order valence-electron chi connectivity index (χ1n) is 11.8. The minimum atomic E-state index is -4.70. The number of benzene rings is 2. The maximum atomic E-state index is 14.0. The van der Waals surface area contributed by atoms with Crippen LogP contribution in [0, 0.1) is 0 Å². The predicted octanol–water partition coefficient (Wildman–Crippen LogP) is 6.37. The largest absolute Gasteiger partial charge is 0.461 e. The van der Waals surface area contributed by atoms with Crippen molar-refractivity contribution in [3.63, 3.8) is 0 Å². The van der Waals surface area contributed by atoms with Crippen molar-refractivity contribution in [3.8, 4) is 0 Å². The van der Waals surface area contributed by atoms with E-state index in [1.54, 1.807) is 39.5 Å². The molecule has 2 aromatic carbocycles. The van der Waals surface area contributed by atoms with E-state index in [9.17, 15) is 22.8 Å². The number of esters is 2. The SMILES string of the molecule is CC1=C(C(=O)OCCSCc2ccccc2)C(c2ccccc2C(F)(F)F)C(C(=O)OC(C)C)=C(C)N1. The third-order valence-electron chi connectivity index (χ3n) is 5.69. The van der Waals surface area contributed by atoms with Gasteiger partial charge in [-0.2, -0.15) is 24.9 Å². The molecule has 9 heteroatoms. The van der Waals surface area contributed by atoms with Crippen LogP contribution in [-0.2, 0) is 31.0 Å². The van der Waals surface area contributed by atoms with Crippen LogP contribution in [0.1, 0.15) is 50.3 Å². The van der Waals surface area contributed by atoms with Crippen molar-refractivity contribution in [2.24, 2.45) is 0 Å². The Balaban J connectivity index is 1.91. The van der Waals surface area contributed by atoms with E-state index in [0.717, 1.165) is 17.4 Å². The van der Waals surface area contributed by atoms with Crippen LogP contribution in [-0.4, -0.2) is 30.4 Å². The van der Waals surface area contributed by atoms with Gasteiger partial charge < -0.3 is 14.8 Å². The van der Waals surface area contributed by atoms with E-state index < -0.39 is 35.7 Å². The normalized spacial score (nSPS) is 16.1. The molecule has 1 atom stereocenters. The Morgan fingerprint density at radius 3 is 2.16 bits per heavy atom. The molecule has 1 N–H and O–H groups in total. The molecule has 1 aliphatic rings. The lowest BCUT2D eigenvalue weighted by molar-refractivity contribution is -0.144. The molecule has 0 radical (unpaired) electrons. The number of rotatable bonds is 9. The van der Waals surface area contributed by atoms with Gasteiger partial charge >= 0.3 is 18.1 Å². The van der Waals surface area contributed by atoms with Crippen molar-refractivity contribution in [2.75, 3.05) is 12.4 Å². The Morgan fingerprint density at radius 2 is 1.54 bits per heavy atom. The van der Waals surface area contributed by atoms with E-state index in [1.807, 2.05) is 30.3 Å². The first-order valence-corrected chi connectivity index (χ1v) is 13.0. The van der Waals surface area contributed by atoms with Gasteiger partial charge in [0, 0.05) is 22.9 Å². The molecule has 37 heavy (non-hydrogen) atoms. The maximum absolute atomic E-state index is 14.0. The zero-order valence-corrected chi connectivity index (χ0v) is 22.0. The second-order valence-corrected chi connectivity index (χ2v) is 9.95. The number of allylic oxidation sites excluding steroid dienone is 2. The van der Waals surface area contributed by atoms with Crippen LogP contribution in [0.3, 0.4) is 0 Å². The highest BCUT2D eigenvalue weighted by Crippen LogP contribution is 2.44. The highest BCUT2D eigenvalue weighted by molar-refractivity contribution is 7.98. The summed E-state index contributed by atoms with van der Waals surface area (Å²) in [6.45, 7) is 6.51. The molecule has 3 rings (SSSR count). The summed E-state index contributed by atoms with van der Waals surface area (Å²) >= 11 is 1.57. The van der Waals surface area contributed by atoms with Gasteiger partial charge in [0.05, 0.1) is 28.7 Å². The number of halogens is 3. The minimum absolute atomic E-state index is 0.0499. The molecule has 1 heterocycles. The Labute approximate surface area is 219 Å². The van der Waals surface area contributed by atoms with Crippen LogP contribution in [0.2, 0.25) is 0 Å². The molecule has 1 unspecified atom stereocenters. The lowest BCUT2D eigenvalue weighted by atomic mass is 9.78. The lowest BCUT2D eigenvalue weighted by Gasteiger charge is -2.32. The van der Waals surface area contributed by atoms with Crippen molar-refractivity contribution < 1.29 is 32.2 Å². The van der Waals surface area contributed by atoms with E-state index >= 15 is 0 Å². The molecule has 0 bridgehead atoms. The Morgan fingerprint density at radius 1 is 0.946 bits per heavy atom. The summed E-state index contributed by atoms with van der Waals surface area (Å²) in [5.74, 6) is -1.65. The Hall–Kier alpha value is -3.20. The Kier molecular flexibility index (Phi) is 9.48. The second-order valence-electron chi connectivity index (χ2n) is 8.85. The van der Waals surface area contributed by atoms with Crippen LogP contribution in [0.5, 0.6) is 0 Å². The summed E-state index contributed by atoms with van der Waals surface area (Å²) in [7, 11) is 0. The minimum Gasteiger partial charge on any atom is -0.461 e. The number of thioether (sulfide) groups is 1. The number of carbonyl (C=O) groups is 2. The van der Waals surface area contributed by atoms with E-state index in [1.165, 1.54) is 18.2 Å². The van der Waals surface area contributed by atoms with Gasteiger partial charge in [0.25, 0.3) is 0 Å². The second kappa shape index (κ2) is 12.4. The predicted molar refractivity (Wildman–Crippen MR) is 138 cm³/mol. The number of hydrogen-bond donors (Lipinski definition) is 1. The van der Waals surface area contributed by atoms with Gasteiger partial charge in [-0.3, -0.25) is 0 Å². The lowest BCUT2D eigenvalue weighted by Crippen LogP contribution is -2.34. The number of alkyl halides is 3. The number of ether oxygens (including phenoxy) is 2. The summed E-state index contributed by atoms with van der Waals surface area (Å²) in [5.41, 5.74) is 0.527. The molecule has 0 saturated heterocycles. The molecular formula is C28H30F3NO4S. The van der Waals surface area contributed by atoms with Crippen molar-refractivity contribution >= 4 is 23.7 Å². The van der Waals surface area contributed by atoms with Crippen molar-refractivity contribution in [1.29, 1.82) is 0 Å². The average Bonchev–Trinajstić information content (AvgIpc) is 2.82. The van der Waals surface area contributed by atoms with Gasteiger partial charge in [-0.25, -0.2) is 9.59 Å². The summed E-state index contributed by atoms with van der Waals surface area (Å²) in [6.07, 6.45) is -5.20. The van der Waals surface area contributed by atoms with E-state index in [4.69, 9.17) is 9.47 Å².